The lowest BCUT2D eigenvalue weighted by Crippen LogP contribution is -2.52. The zero-order chi connectivity index (χ0) is 22.1. The number of rotatable bonds is 2. The van der Waals surface area contributed by atoms with Gasteiger partial charge in [-0.3, -0.25) is 9.59 Å². The summed E-state index contributed by atoms with van der Waals surface area (Å²) in [5.41, 5.74) is 7.55. The van der Waals surface area contributed by atoms with E-state index in [-0.39, 0.29) is 16.8 Å². The zero-order valence-electron chi connectivity index (χ0n) is 19.0. The Balaban J connectivity index is 1.53. The van der Waals surface area contributed by atoms with Crippen LogP contribution < -0.4 is 0 Å². The fourth-order valence-electron chi connectivity index (χ4n) is 8.22. The van der Waals surface area contributed by atoms with Gasteiger partial charge >= 0.3 is 0 Å². The lowest BCUT2D eigenvalue weighted by atomic mass is 9.50. The molecule has 3 fully saturated rings. The first-order valence-corrected chi connectivity index (χ1v) is 12.3. The third-order valence-electron chi connectivity index (χ3n) is 9.65. The number of allylic oxidation sites excluding steroid dienone is 4. The number of carbonyl (C=O) groups is 2. The average molecular weight is 429 g/mol. The molecule has 1 saturated heterocycles. The fourth-order valence-corrected chi connectivity index (χ4v) is 8.22. The van der Waals surface area contributed by atoms with E-state index >= 15 is 0 Å². The predicted octanol–water partition coefficient (Wildman–Crippen LogP) is 6.11. The minimum Gasteiger partial charge on any atom is -0.370 e. The summed E-state index contributed by atoms with van der Waals surface area (Å²) < 4.78 is 6.59. The van der Waals surface area contributed by atoms with Gasteiger partial charge in [0.2, 0.25) is 0 Å². The number of benzene rings is 1. The molecule has 32 heavy (non-hydrogen) atoms. The summed E-state index contributed by atoms with van der Waals surface area (Å²) >= 11 is 0. The van der Waals surface area contributed by atoms with Crippen LogP contribution in [0.4, 0.5) is 0 Å². The molecule has 0 N–H and O–H groups in total. The number of ketones is 1. The summed E-state index contributed by atoms with van der Waals surface area (Å²) in [6.07, 6.45) is 10.8. The van der Waals surface area contributed by atoms with Crippen molar-refractivity contribution >= 4 is 12.1 Å². The van der Waals surface area contributed by atoms with Gasteiger partial charge < -0.3 is 4.74 Å². The van der Waals surface area contributed by atoms with Crippen LogP contribution >= 0.6 is 0 Å². The van der Waals surface area contributed by atoms with Crippen molar-refractivity contribution < 1.29 is 14.3 Å². The van der Waals surface area contributed by atoms with E-state index in [0.29, 0.717) is 24.2 Å². The van der Waals surface area contributed by atoms with Crippen LogP contribution in [0.15, 0.2) is 59.2 Å². The first kappa shape index (κ1) is 20.4. The van der Waals surface area contributed by atoms with Crippen molar-refractivity contribution in [3.63, 3.8) is 0 Å². The van der Waals surface area contributed by atoms with E-state index < -0.39 is 0 Å². The predicted molar refractivity (Wildman–Crippen MR) is 125 cm³/mol. The maximum Gasteiger partial charge on any atom is 0.156 e. The van der Waals surface area contributed by atoms with Gasteiger partial charge in [0.25, 0.3) is 0 Å². The Morgan fingerprint density at radius 1 is 1.09 bits per heavy atom. The summed E-state index contributed by atoms with van der Waals surface area (Å²) in [5.74, 6) is 1.73. The largest absolute Gasteiger partial charge is 0.370 e. The topological polar surface area (TPSA) is 43.4 Å². The molecule has 2 saturated carbocycles. The molecular weight excluding hydrogens is 396 g/mol. The second-order valence-corrected chi connectivity index (χ2v) is 10.8. The first-order valence-electron chi connectivity index (χ1n) is 12.3. The summed E-state index contributed by atoms with van der Waals surface area (Å²) in [5, 5.41) is 0. The number of carbonyl (C=O) groups excluding carboxylic acids is 2. The molecule has 5 atom stereocenters. The smallest absolute Gasteiger partial charge is 0.156 e. The molecule has 6 rings (SSSR count). The average Bonchev–Trinajstić information content (AvgIpc) is 3.33. The molecule has 1 aromatic rings. The molecule has 1 aromatic carbocycles. The van der Waals surface area contributed by atoms with Gasteiger partial charge in [0.05, 0.1) is 12.2 Å². The lowest BCUT2D eigenvalue weighted by molar-refractivity contribution is -0.114. The SMILES string of the molecule is C=C1CCO[C@@]12CCC1C3CCC4=CC(=O)CCC4=C3[C@@H](c3ccc(C=O)cc3)C[C@@]12C. The van der Waals surface area contributed by atoms with Crippen molar-refractivity contribution in [1.29, 1.82) is 0 Å². The zero-order valence-corrected chi connectivity index (χ0v) is 19.0. The van der Waals surface area contributed by atoms with Crippen LogP contribution in [0.2, 0.25) is 0 Å². The van der Waals surface area contributed by atoms with Gasteiger partial charge in [0, 0.05) is 23.3 Å². The molecular formula is C29H32O3. The molecule has 5 aliphatic rings. The van der Waals surface area contributed by atoms with Gasteiger partial charge in [-0.05, 0) is 85.1 Å². The van der Waals surface area contributed by atoms with Crippen LogP contribution in [0.1, 0.15) is 80.1 Å². The highest BCUT2D eigenvalue weighted by Crippen LogP contribution is 2.70. The Kier molecular flexibility index (Phi) is 4.53. The Labute approximate surface area is 190 Å². The van der Waals surface area contributed by atoms with Gasteiger partial charge in [-0.2, -0.15) is 0 Å². The molecule has 1 heterocycles. The highest BCUT2D eigenvalue weighted by Gasteiger charge is 2.65. The highest BCUT2D eigenvalue weighted by molar-refractivity contribution is 5.93. The maximum atomic E-state index is 12.2. The Morgan fingerprint density at radius 2 is 1.91 bits per heavy atom. The molecule has 3 heteroatoms. The third kappa shape index (κ3) is 2.64. The normalized spacial score (nSPS) is 38.4. The van der Waals surface area contributed by atoms with E-state index in [1.807, 2.05) is 18.2 Å². The molecule has 0 bridgehead atoms. The van der Waals surface area contributed by atoms with Gasteiger partial charge in [0.15, 0.2) is 5.78 Å². The number of aldehydes is 1. The van der Waals surface area contributed by atoms with E-state index in [1.54, 1.807) is 5.57 Å². The second kappa shape index (κ2) is 7.12. The molecule has 0 radical (unpaired) electrons. The van der Waals surface area contributed by atoms with Crippen molar-refractivity contribution in [2.45, 2.75) is 69.8 Å². The van der Waals surface area contributed by atoms with Crippen LogP contribution in [0.25, 0.3) is 0 Å². The standard InChI is InChI=1S/C29H32O3/c1-18-12-14-32-29(18)13-11-26-24-9-7-21-15-22(31)8-10-23(21)27(24)25(16-28(26,29)2)20-5-3-19(17-30)4-6-20/h3-6,15,17,24-26H,1,7-14,16H2,2H3/t24?,25-,26?,28+,29+/m1/s1. The monoisotopic (exact) mass is 428 g/mol. The van der Waals surface area contributed by atoms with Gasteiger partial charge in [-0.25, -0.2) is 0 Å². The second-order valence-electron chi connectivity index (χ2n) is 10.8. The molecule has 1 aliphatic heterocycles. The van der Waals surface area contributed by atoms with Crippen molar-refractivity contribution in [2.75, 3.05) is 6.61 Å². The van der Waals surface area contributed by atoms with Gasteiger partial charge in [0.1, 0.15) is 6.29 Å². The van der Waals surface area contributed by atoms with Gasteiger partial charge in [-0.15, -0.1) is 0 Å². The van der Waals surface area contributed by atoms with Crippen LogP contribution in [0.3, 0.4) is 0 Å². The van der Waals surface area contributed by atoms with Crippen molar-refractivity contribution in [3.05, 3.63) is 70.3 Å². The molecule has 4 aliphatic carbocycles. The summed E-state index contributed by atoms with van der Waals surface area (Å²) in [6.45, 7) is 7.78. The van der Waals surface area contributed by atoms with E-state index in [9.17, 15) is 9.59 Å². The van der Waals surface area contributed by atoms with Crippen LogP contribution in [-0.4, -0.2) is 24.3 Å². The number of ether oxygens (including phenoxy) is 1. The Bertz CT molecular complexity index is 1070. The summed E-state index contributed by atoms with van der Waals surface area (Å²) in [6, 6.07) is 8.22. The molecule has 1 spiro atoms. The number of fused-ring (bicyclic) bond motifs is 5. The van der Waals surface area contributed by atoms with Crippen LogP contribution in [0.5, 0.6) is 0 Å². The minimum atomic E-state index is -0.187. The maximum absolute atomic E-state index is 12.2. The quantitative estimate of drug-likeness (QED) is 0.421. The molecule has 0 amide bonds. The molecule has 2 unspecified atom stereocenters. The lowest BCUT2D eigenvalue weighted by Gasteiger charge is -2.55. The first-order chi connectivity index (χ1) is 15.5. The Morgan fingerprint density at radius 3 is 2.62 bits per heavy atom. The molecule has 0 aromatic heterocycles. The third-order valence-corrected chi connectivity index (χ3v) is 9.65. The van der Waals surface area contributed by atoms with Gasteiger partial charge in [-0.1, -0.05) is 43.3 Å². The highest BCUT2D eigenvalue weighted by atomic mass is 16.5. The van der Waals surface area contributed by atoms with Crippen molar-refractivity contribution in [3.8, 4) is 0 Å². The minimum absolute atomic E-state index is 0.0645. The van der Waals surface area contributed by atoms with E-state index in [4.69, 9.17) is 4.74 Å². The summed E-state index contributed by atoms with van der Waals surface area (Å²) in [7, 11) is 0. The van der Waals surface area contributed by atoms with E-state index in [1.165, 1.54) is 28.7 Å². The molecule has 166 valence electrons. The van der Waals surface area contributed by atoms with Crippen molar-refractivity contribution in [1.82, 2.24) is 0 Å². The number of hydrogen-bond donors (Lipinski definition) is 0. The van der Waals surface area contributed by atoms with Crippen molar-refractivity contribution in [2.24, 2.45) is 17.3 Å². The molecule has 3 nitrogen and oxygen atoms in total. The fraction of sp³-hybridized carbons (Fsp3) is 0.517. The number of hydrogen-bond acceptors (Lipinski definition) is 3. The van der Waals surface area contributed by atoms with Crippen LogP contribution in [-0.2, 0) is 9.53 Å². The van der Waals surface area contributed by atoms with E-state index in [0.717, 1.165) is 57.0 Å². The van der Waals surface area contributed by atoms with E-state index in [2.05, 4.69) is 25.6 Å². The summed E-state index contributed by atoms with van der Waals surface area (Å²) in [4.78, 5) is 23.5. The van der Waals surface area contributed by atoms with Crippen LogP contribution in [0, 0.1) is 17.3 Å². The Hall–Kier alpha value is -2.26.